The third kappa shape index (κ3) is 3.72. The summed E-state index contributed by atoms with van der Waals surface area (Å²) in [5, 5.41) is 3.51. The summed E-state index contributed by atoms with van der Waals surface area (Å²) in [5.41, 5.74) is 1.19. The Hall–Kier alpha value is -1.89. The molecular weight excluding hydrogens is 356 g/mol. The van der Waals surface area contributed by atoms with Crippen LogP contribution in [0.2, 0.25) is 0 Å². The van der Waals surface area contributed by atoms with E-state index < -0.39 is 0 Å². The number of pyridine rings is 1. The molecule has 1 fully saturated rings. The van der Waals surface area contributed by atoms with Crippen molar-refractivity contribution in [2.24, 2.45) is 0 Å². The van der Waals surface area contributed by atoms with E-state index in [0.717, 1.165) is 41.6 Å². The molecule has 0 spiro atoms. The van der Waals surface area contributed by atoms with Crippen molar-refractivity contribution >= 4 is 33.5 Å². The average Bonchev–Trinajstić information content (AvgIpc) is 2.95. The lowest BCUT2D eigenvalue weighted by Gasteiger charge is -2.20. The van der Waals surface area contributed by atoms with Crippen molar-refractivity contribution in [1.29, 1.82) is 0 Å². The van der Waals surface area contributed by atoms with Crippen molar-refractivity contribution < 1.29 is 0 Å². The van der Waals surface area contributed by atoms with Crippen LogP contribution in [0.3, 0.4) is 0 Å². The summed E-state index contributed by atoms with van der Waals surface area (Å²) in [6.45, 7) is 4.02. The highest BCUT2D eigenvalue weighted by atomic mass is 79.9. The van der Waals surface area contributed by atoms with Gasteiger partial charge in [0.25, 0.3) is 0 Å². The predicted octanol–water partition coefficient (Wildman–Crippen LogP) is 2.70. The highest BCUT2D eigenvalue weighted by Gasteiger charge is 2.24. The van der Waals surface area contributed by atoms with Crippen molar-refractivity contribution in [3.63, 3.8) is 0 Å². The zero-order valence-corrected chi connectivity index (χ0v) is 15.2. The molecule has 0 aliphatic carbocycles. The second-order valence-electron chi connectivity index (χ2n) is 6.01. The first-order valence-electron chi connectivity index (χ1n) is 7.67. The van der Waals surface area contributed by atoms with Crippen molar-refractivity contribution in [2.75, 3.05) is 42.3 Å². The maximum atomic E-state index is 4.56. The van der Waals surface area contributed by atoms with Crippen LogP contribution in [0.15, 0.2) is 29.0 Å². The first kappa shape index (κ1) is 16.0. The van der Waals surface area contributed by atoms with Crippen molar-refractivity contribution in [3.05, 3.63) is 34.6 Å². The molecule has 1 aliphatic rings. The molecule has 0 radical (unpaired) electrons. The number of hydrogen-bond donors (Lipinski definition) is 1. The Labute approximate surface area is 145 Å². The lowest BCUT2D eigenvalue weighted by molar-refractivity contribution is 0.797. The molecule has 2 aromatic heterocycles. The van der Waals surface area contributed by atoms with Crippen LogP contribution in [-0.4, -0.2) is 48.2 Å². The summed E-state index contributed by atoms with van der Waals surface area (Å²) in [7, 11) is 3.89. The van der Waals surface area contributed by atoms with Gasteiger partial charge in [0.2, 0.25) is 5.95 Å². The van der Waals surface area contributed by atoms with E-state index in [9.17, 15) is 0 Å². The average molecular weight is 377 g/mol. The summed E-state index contributed by atoms with van der Waals surface area (Å²) in [5.74, 6) is 2.65. The standard InChI is InChI=1S/C16H21BrN6/c1-11-8-12(17)9-19-15(11)23-7-5-13(10-23)20-14-4-6-18-16(21-14)22(2)3/h4,6,8-9,13H,5,7,10H2,1-3H3,(H,18,20,21). The molecule has 2 aromatic rings. The maximum Gasteiger partial charge on any atom is 0.226 e. The zero-order chi connectivity index (χ0) is 16.4. The molecule has 0 saturated carbocycles. The highest BCUT2D eigenvalue weighted by molar-refractivity contribution is 9.10. The fraction of sp³-hybridized carbons (Fsp3) is 0.438. The Bertz CT molecular complexity index is 690. The minimum atomic E-state index is 0.366. The summed E-state index contributed by atoms with van der Waals surface area (Å²) in [4.78, 5) is 17.6. The van der Waals surface area contributed by atoms with Crippen LogP contribution in [-0.2, 0) is 0 Å². The highest BCUT2D eigenvalue weighted by Crippen LogP contribution is 2.25. The van der Waals surface area contributed by atoms with Gasteiger partial charge in [-0.1, -0.05) is 0 Å². The van der Waals surface area contributed by atoms with Gasteiger partial charge in [0.15, 0.2) is 0 Å². The van der Waals surface area contributed by atoms with Gasteiger partial charge in [-0.2, -0.15) is 4.98 Å². The number of anilines is 3. The van der Waals surface area contributed by atoms with Crippen molar-refractivity contribution in [2.45, 2.75) is 19.4 Å². The van der Waals surface area contributed by atoms with E-state index in [1.54, 1.807) is 6.20 Å². The van der Waals surface area contributed by atoms with E-state index in [0.29, 0.717) is 6.04 Å². The topological polar surface area (TPSA) is 57.2 Å². The normalized spacial score (nSPS) is 17.4. The van der Waals surface area contributed by atoms with Gasteiger partial charge in [-0.3, -0.25) is 0 Å². The number of aryl methyl sites for hydroxylation is 1. The van der Waals surface area contributed by atoms with Crippen LogP contribution in [0.25, 0.3) is 0 Å². The summed E-state index contributed by atoms with van der Waals surface area (Å²) >= 11 is 3.47. The number of nitrogens with one attached hydrogen (secondary N) is 1. The molecule has 0 amide bonds. The maximum absolute atomic E-state index is 4.56. The van der Waals surface area contributed by atoms with Gasteiger partial charge < -0.3 is 15.1 Å². The zero-order valence-electron chi connectivity index (χ0n) is 13.6. The monoisotopic (exact) mass is 376 g/mol. The summed E-state index contributed by atoms with van der Waals surface area (Å²) in [6.07, 6.45) is 4.72. The third-order valence-electron chi connectivity index (χ3n) is 3.90. The first-order valence-corrected chi connectivity index (χ1v) is 8.46. The van der Waals surface area contributed by atoms with Gasteiger partial charge in [-0.05, 0) is 47.0 Å². The molecule has 3 heterocycles. The van der Waals surface area contributed by atoms with Crippen molar-refractivity contribution in [1.82, 2.24) is 15.0 Å². The van der Waals surface area contributed by atoms with Crippen LogP contribution in [0.1, 0.15) is 12.0 Å². The van der Waals surface area contributed by atoms with Gasteiger partial charge in [-0.15, -0.1) is 0 Å². The fourth-order valence-corrected chi connectivity index (χ4v) is 3.23. The van der Waals surface area contributed by atoms with Crippen LogP contribution in [0.5, 0.6) is 0 Å². The number of rotatable bonds is 4. The molecule has 122 valence electrons. The van der Waals surface area contributed by atoms with Gasteiger partial charge in [0.1, 0.15) is 11.6 Å². The molecular formula is C16H21BrN6. The molecule has 6 nitrogen and oxygen atoms in total. The summed E-state index contributed by atoms with van der Waals surface area (Å²) in [6, 6.07) is 4.39. The van der Waals surface area contributed by atoms with Crippen LogP contribution in [0.4, 0.5) is 17.6 Å². The second kappa shape index (κ2) is 6.70. The molecule has 1 aliphatic heterocycles. The first-order chi connectivity index (χ1) is 11.0. The molecule has 7 heteroatoms. The number of halogens is 1. The van der Waals surface area contributed by atoms with E-state index in [-0.39, 0.29) is 0 Å². The molecule has 0 aromatic carbocycles. The van der Waals surface area contributed by atoms with Gasteiger partial charge in [-0.25, -0.2) is 9.97 Å². The number of nitrogens with zero attached hydrogens (tertiary/aromatic N) is 5. The van der Waals surface area contributed by atoms with E-state index in [1.807, 2.05) is 31.3 Å². The lowest BCUT2D eigenvalue weighted by atomic mass is 10.2. The SMILES string of the molecule is Cc1cc(Br)cnc1N1CCC(Nc2ccnc(N(C)C)n2)C1. The van der Waals surface area contributed by atoms with Gasteiger partial charge in [0, 0.05) is 50.1 Å². The van der Waals surface area contributed by atoms with E-state index in [1.165, 1.54) is 5.56 Å². The number of aromatic nitrogens is 3. The number of hydrogen-bond acceptors (Lipinski definition) is 6. The largest absolute Gasteiger partial charge is 0.365 e. The Kier molecular flexibility index (Phi) is 4.66. The fourth-order valence-electron chi connectivity index (χ4n) is 2.79. The molecule has 23 heavy (non-hydrogen) atoms. The molecule has 1 unspecified atom stereocenters. The van der Waals surface area contributed by atoms with Gasteiger partial charge >= 0.3 is 0 Å². The Morgan fingerprint density at radius 1 is 1.35 bits per heavy atom. The molecule has 0 bridgehead atoms. The van der Waals surface area contributed by atoms with E-state index in [2.05, 4.69) is 54.1 Å². The van der Waals surface area contributed by atoms with E-state index in [4.69, 9.17) is 0 Å². The smallest absolute Gasteiger partial charge is 0.226 e. The van der Waals surface area contributed by atoms with Crippen LogP contribution < -0.4 is 15.1 Å². The summed E-state index contributed by atoms with van der Waals surface area (Å²) < 4.78 is 1.02. The van der Waals surface area contributed by atoms with Crippen molar-refractivity contribution in [3.8, 4) is 0 Å². The molecule has 1 N–H and O–H groups in total. The Morgan fingerprint density at radius 3 is 2.91 bits per heavy atom. The van der Waals surface area contributed by atoms with Crippen LogP contribution >= 0.6 is 15.9 Å². The molecule has 3 rings (SSSR count). The minimum Gasteiger partial charge on any atom is -0.365 e. The quantitative estimate of drug-likeness (QED) is 0.884. The Balaban J connectivity index is 1.67. The third-order valence-corrected chi connectivity index (χ3v) is 4.33. The molecule has 1 saturated heterocycles. The van der Waals surface area contributed by atoms with E-state index >= 15 is 0 Å². The van der Waals surface area contributed by atoms with Gasteiger partial charge in [0.05, 0.1) is 0 Å². The lowest BCUT2D eigenvalue weighted by Crippen LogP contribution is -2.27. The second-order valence-corrected chi connectivity index (χ2v) is 6.92. The van der Waals surface area contributed by atoms with Crippen LogP contribution in [0, 0.1) is 6.92 Å². The Morgan fingerprint density at radius 2 is 2.17 bits per heavy atom. The molecule has 1 atom stereocenters. The minimum absolute atomic E-state index is 0.366. The predicted molar refractivity (Wildman–Crippen MR) is 97.3 cm³/mol.